The quantitative estimate of drug-likeness (QED) is 0.804. The van der Waals surface area contributed by atoms with Crippen molar-refractivity contribution in [2.24, 2.45) is 0 Å². The van der Waals surface area contributed by atoms with E-state index in [1.54, 1.807) is 7.05 Å². The van der Waals surface area contributed by atoms with E-state index >= 15 is 0 Å². The molecule has 1 N–H and O–H groups in total. The van der Waals surface area contributed by atoms with Crippen molar-refractivity contribution in [3.63, 3.8) is 0 Å². The van der Waals surface area contributed by atoms with Crippen LogP contribution in [0.3, 0.4) is 0 Å². The van der Waals surface area contributed by atoms with Crippen molar-refractivity contribution >= 4 is 21.6 Å². The molecule has 6 heteroatoms. The van der Waals surface area contributed by atoms with Crippen LogP contribution in [0, 0.1) is 5.82 Å². The average Bonchev–Trinajstić information content (AvgIpc) is 2.15. The summed E-state index contributed by atoms with van der Waals surface area (Å²) in [6.45, 7) is 0.595. The van der Waals surface area contributed by atoms with Gasteiger partial charge in [-0.1, -0.05) is 0 Å². The van der Waals surface area contributed by atoms with Gasteiger partial charge in [-0.15, -0.1) is 11.8 Å². The summed E-state index contributed by atoms with van der Waals surface area (Å²) in [5.74, 6) is 0.260. The molecular formula is C11H16FNO2S2. The first-order valence-corrected chi connectivity index (χ1v) is 8.20. The van der Waals surface area contributed by atoms with Gasteiger partial charge >= 0.3 is 0 Å². The fourth-order valence-corrected chi connectivity index (χ4v) is 3.53. The van der Waals surface area contributed by atoms with Crippen molar-refractivity contribution in [3.05, 3.63) is 29.6 Å². The van der Waals surface area contributed by atoms with Gasteiger partial charge in [-0.2, -0.15) is 0 Å². The van der Waals surface area contributed by atoms with Gasteiger partial charge in [-0.3, -0.25) is 0 Å². The number of sulfone groups is 1. The predicted molar refractivity (Wildman–Crippen MR) is 69.6 cm³/mol. The van der Waals surface area contributed by atoms with Crippen LogP contribution in [0.1, 0.15) is 5.56 Å². The van der Waals surface area contributed by atoms with Gasteiger partial charge in [0.15, 0.2) is 0 Å². The minimum atomic E-state index is -2.95. The van der Waals surface area contributed by atoms with Crippen molar-refractivity contribution in [2.75, 3.05) is 24.8 Å². The van der Waals surface area contributed by atoms with Crippen LogP contribution in [0.5, 0.6) is 0 Å². The highest BCUT2D eigenvalue weighted by atomic mass is 32.2. The van der Waals surface area contributed by atoms with E-state index in [-0.39, 0.29) is 11.6 Å². The van der Waals surface area contributed by atoms with Gasteiger partial charge in [0.05, 0.1) is 5.75 Å². The zero-order valence-electron chi connectivity index (χ0n) is 9.86. The largest absolute Gasteiger partial charge is 0.316 e. The molecule has 0 bridgehead atoms. The van der Waals surface area contributed by atoms with Crippen LogP contribution in [0.2, 0.25) is 0 Å². The third kappa shape index (κ3) is 6.05. The monoisotopic (exact) mass is 277 g/mol. The average molecular weight is 277 g/mol. The summed E-state index contributed by atoms with van der Waals surface area (Å²) >= 11 is 1.35. The Bertz CT molecular complexity index is 474. The highest BCUT2D eigenvalue weighted by Gasteiger charge is 2.05. The molecule has 1 rings (SSSR count). The maximum Gasteiger partial charge on any atom is 0.148 e. The summed E-state index contributed by atoms with van der Waals surface area (Å²) in [6, 6.07) is 4.76. The Morgan fingerprint density at radius 3 is 2.65 bits per heavy atom. The number of hydrogen-bond donors (Lipinski definition) is 1. The lowest BCUT2D eigenvalue weighted by molar-refractivity contribution is 0.603. The van der Waals surface area contributed by atoms with Crippen LogP contribution in [0.4, 0.5) is 4.39 Å². The SMILES string of the molecule is CNCc1cc(F)cc(SCCS(C)(=O)=O)c1. The molecule has 96 valence electrons. The lowest BCUT2D eigenvalue weighted by atomic mass is 10.2. The van der Waals surface area contributed by atoms with Crippen LogP contribution in [0.15, 0.2) is 23.1 Å². The second-order valence-electron chi connectivity index (χ2n) is 3.80. The zero-order chi connectivity index (χ0) is 12.9. The number of benzene rings is 1. The topological polar surface area (TPSA) is 46.2 Å². The fraction of sp³-hybridized carbons (Fsp3) is 0.455. The number of hydrogen-bond acceptors (Lipinski definition) is 4. The summed E-state index contributed by atoms with van der Waals surface area (Å²) < 4.78 is 35.2. The molecule has 0 aromatic heterocycles. The Morgan fingerprint density at radius 2 is 2.06 bits per heavy atom. The lowest BCUT2D eigenvalue weighted by Crippen LogP contribution is -2.06. The molecule has 0 aliphatic carbocycles. The highest BCUT2D eigenvalue weighted by molar-refractivity contribution is 8.00. The molecule has 0 saturated carbocycles. The number of nitrogens with one attached hydrogen (secondary N) is 1. The first kappa shape index (κ1) is 14.5. The van der Waals surface area contributed by atoms with Crippen LogP contribution in [-0.4, -0.2) is 33.2 Å². The Kier molecular flexibility index (Phi) is 5.42. The van der Waals surface area contributed by atoms with Gasteiger partial charge in [0, 0.05) is 23.4 Å². The van der Waals surface area contributed by atoms with Gasteiger partial charge < -0.3 is 5.32 Å². The maximum atomic E-state index is 13.3. The Labute approximate surface area is 106 Å². The molecule has 0 aliphatic heterocycles. The highest BCUT2D eigenvalue weighted by Crippen LogP contribution is 2.21. The molecule has 0 saturated heterocycles. The summed E-state index contributed by atoms with van der Waals surface area (Å²) in [5.41, 5.74) is 0.856. The summed E-state index contributed by atoms with van der Waals surface area (Å²) in [6.07, 6.45) is 1.20. The standard InChI is InChI=1S/C11H16FNO2S2/c1-13-8-9-5-10(12)7-11(6-9)16-3-4-17(2,14)15/h5-7,13H,3-4,8H2,1-2H3. The van der Waals surface area contributed by atoms with Gasteiger partial charge in [0.25, 0.3) is 0 Å². The maximum absolute atomic E-state index is 13.3. The fourth-order valence-electron chi connectivity index (χ4n) is 1.32. The van der Waals surface area contributed by atoms with E-state index in [1.807, 2.05) is 6.07 Å². The molecule has 0 fully saturated rings. The van der Waals surface area contributed by atoms with Gasteiger partial charge in [0.2, 0.25) is 0 Å². The molecule has 1 aromatic carbocycles. The Hall–Kier alpha value is -0.590. The van der Waals surface area contributed by atoms with Gasteiger partial charge in [-0.25, -0.2) is 12.8 Å². The van der Waals surface area contributed by atoms with Crippen LogP contribution < -0.4 is 5.32 Å². The van der Waals surface area contributed by atoms with E-state index in [9.17, 15) is 12.8 Å². The predicted octanol–water partition coefficient (Wildman–Crippen LogP) is 1.68. The van der Waals surface area contributed by atoms with Crippen LogP contribution in [0.25, 0.3) is 0 Å². The van der Waals surface area contributed by atoms with Crippen molar-refractivity contribution in [2.45, 2.75) is 11.4 Å². The smallest absolute Gasteiger partial charge is 0.148 e. The second kappa shape index (κ2) is 6.37. The van der Waals surface area contributed by atoms with Crippen LogP contribution >= 0.6 is 11.8 Å². The normalized spacial score (nSPS) is 11.7. The third-order valence-electron chi connectivity index (χ3n) is 2.03. The molecule has 1 aromatic rings. The molecule has 0 amide bonds. The molecule has 0 heterocycles. The van der Waals surface area contributed by atoms with Crippen molar-refractivity contribution in [1.82, 2.24) is 5.32 Å². The first-order valence-electron chi connectivity index (χ1n) is 5.15. The second-order valence-corrected chi connectivity index (χ2v) is 7.23. The van der Waals surface area contributed by atoms with E-state index < -0.39 is 9.84 Å². The molecule has 0 spiro atoms. The van der Waals surface area contributed by atoms with Gasteiger partial charge in [-0.05, 0) is 30.8 Å². The van der Waals surface area contributed by atoms with E-state index in [0.717, 1.165) is 10.5 Å². The van der Waals surface area contributed by atoms with Crippen LogP contribution in [-0.2, 0) is 16.4 Å². The summed E-state index contributed by atoms with van der Waals surface area (Å²) in [4.78, 5) is 0.763. The van der Waals surface area contributed by atoms with Crippen molar-refractivity contribution < 1.29 is 12.8 Å². The molecule has 3 nitrogen and oxygen atoms in total. The third-order valence-corrected chi connectivity index (χ3v) is 4.22. The molecule has 0 radical (unpaired) electrons. The number of thioether (sulfide) groups is 1. The first-order chi connectivity index (χ1) is 7.90. The molecule has 0 unspecified atom stereocenters. The van der Waals surface area contributed by atoms with E-state index in [1.165, 1.54) is 30.2 Å². The Morgan fingerprint density at radius 1 is 1.35 bits per heavy atom. The van der Waals surface area contributed by atoms with E-state index in [2.05, 4.69) is 5.32 Å². The van der Waals surface area contributed by atoms with Crippen molar-refractivity contribution in [1.29, 1.82) is 0 Å². The minimum Gasteiger partial charge on any atom is -0.316 e. The molecule has 0 aliphatic rings. The number of halogens is 1. The van der Waals surface area contributed by atoms with Gasteiger partial charge in [0.1, 0.15) is 15.7 Å². The molecule has 17 heavy (non-hydrogen) atoms. The minimum absolute atomic E-state index is 0.107. The Balaban J connectivity index is 2.64. The lowest BCUT2D eigenvalue weighted by Gasteiger charge is -2.05. The summed E-state index contributed by atoms with van der Waals surface area (Å²) in [5, 5.41) is 2.95. The number of rotatable bonds is 6. The van der Waals surface area contributed by atoms with Crippen molar-refractivity contribution in [3.8, 4) is 0 Å². The van der Waals surface area contributed by atoms with E-state index in [4.69, 9.17) is 0 Å². The molecular weight excluding hydrogens is 261 g/mol. The zero-order valence-corrected chi connectivity index (χ0v) is 11.5. The van der Waals surface area contributed by atoms with E-state index in [0.29, 0.717) is 12.3 Å². The molecule has 0 atom stereocenters. The summed E-state index contributed by atoms with van der Waals surface area (Å²) in [7, 11) is -1.16.